The van der Waals surface area contributed by atoms with Crippen molar-refractivity contribution in [1.82, 2.24) is 74.0 Å². The van der Waals surface area contributed by atoms with Crippen LogP contribution in [0.15, 0.2) is 165 Å². The highest BCUT2D eigenvalue weighted by atomic mass is 16.4. The van der Waals surface area contributed by atoms with E-state index in [9.17, 15) is 88.2 Å². The second-order valence-corrected chi connectivity index (χ2v) is 25.9. The summed E-state index contributed by atoms with van der Waals surface area (Å²) in [6, 6.07) is 16.1. The molecule has 12 N–H and O–H groups in total. The van der Waals surface area contributed by atoms with Crippen LogP contribution >= 0.6 is 0 Å². The highest BCUT2D eigenvalue weighted by Gasteiger charge is 2.30. The third kappa shape index (κ3) is 27.3. The minimum absolute atomic E-state index is 0.144. The van der Waals surface area contributed by atoms with Gasteiger partial charge in [-0.05, 0) is 130 Å². The Morgan fingerprint density at radius 1 is 0.243 bits per heavy atom. The SMILES string of the molecule is O=C(CC[C@@H](C(=O)O)n1cccc1)NCCN(CCNC(=O)CC[C@@H](C(=O)O)n1cccc1)C(=O)c1cc(C(=O)N(CCNC(=O)CC[C@@H](C(=O)O)n2cccc2)CCNC(=O)CC[C@@H](C(=O)O)n2cccc2)cc(C(=O)N(CCNC(=O)CC[C@@H](C(=O)O)n2cccc2)CCNC(=O)CC[C@@H](C(=O)O)n2cccc2)c1. The van der Waals surface area contributed by atoms with E-state index in [1.807, 2.05) is 0 Å². The third-order valence-electron chi connectivity index (χ3n) is 18.3. The predicted molar refractivity (Wildman–Crippen MR) is 394 cm³/mol. The summed E-state index contributed by atoms with van der Waals surface area (Å²) < 4.78 is 8.49. The molecule has 6 atom stereocenters. The van der Waals surface area contributed by atoms with Gasteiger partial charge in [-0.2, -0.15) is 0 Å². The molecule has 111 heavy (non-hydrogen) atoms. The monoisotopic (exact) mass is 1540 g/mol. The zero-order valence-corrected chi connectivity index (χ0v) is 60.9. The summed E-state index contributed by atoms with van der Waals surface area (Å²) in [4.78, 5) is 204. The van der Waals surface area contributed by atoms with Crippen molar-refractivity contribution >= 4 is 89.0 Å². The summed E-state index contributed by atoms with van der Waals surface area (Å²) >= 11 is 0. The van der Waals surface area contributed by atoms with Gasteiger partial charge in [0.2, 0.25) is 35.4 Å². The molecule has 0 radical (unpaired) electrons. The Morgan fingerprint density at radius 2 is 0.378 bits per heavy atom. The molecule has 0 bridgehead atoms. The van der Waals surface area contributed by atoms with Crippen LogP contribution in [-0.4, -0.2) is 240 Å². The van der Waals surface area contributed by atoms with Crippen LogP contribution in [0.1, 0.15) is 144 Å². The molecule has 6 heterocycles. The Bertz CT molecular complexity index is 3580. The van der Waals surface area contributed by atoms with E-state index in [-0.39, 0.29) is 172 Å². The highest BCUT2D eigenvalue weighted by Crippen LogP contribution is 2.23. The van der Waals surface area contributed by atoms with Crippen molar-refractivity contribution in [3.8, 4) is 0 Å². The summed E-state index contributed by atoms with van der Waals surface area (Å²) in [6.07, 6.45) is 15.7. The van der Waals surface area contributed by atoms with E-state index in [0.29, 0.717) is 0 Å². The van der Waals surface area contributed by atoms with Crippen molar-refractivity contribution in [2.45, 2.75) is 113 Å². The fourth-order valence-electron chi connectivity index (χ4n) is 12.3. The maximum atomic E-state index is 15.5. The van der Waals surface area contributed by atoms with Crippen LogP contribution in [0.2, 0.25) is 0 Å². The molecule has 0 unspecified atom stereocenters. The molecule has 7 rings (SSSR count). The molecular formula is C75H93N15O21. The summed E-state index contributed by atoms with van der Waals surface area (Å²) in [6.45, 7) is -3.84. The third-order valence-corrected chi connectivity index (χ3v) is 18.3. The van der Waals surface area contributed by atoms with Crippen molar-refractivity contribution in [3.05, 3.63) is 182 Å². The van der Waals surface area contributed by atoms with Crippen molar-refractivity contribution in [2.75, 3.05) is 78.5 Å². The number of hydrogen-bond donors (Lipinski definition) is 12. The summed E-state index contributed by atoms with van der Waals surface area (Å²) in [7, 11) is 0. The lowest BCUT2D eigenvalue weighted by Gasteiger charge is -2.27. The number of carbonyl (C=O) groups is 15. The van der Waals surface area contributed by atoms with Crippen LogP contribution in [0.5, 0.6) is 0 Å². The standard InChI is InChI=1S/C75H93N15O21/c91-61(19-13-55(70(100)101)82-31-1-2-32-82)76-25-43-88(44-26-77-62(92)20-14-56(71(102)103)83-33-3-4-34-83)67(97)52-49-53(68(98)89(45-27-78-63(93)21-15-57(72(104)105)84-35-5-6-36-84)46-28-79-64(94)22-16-58(73(106)107)85-37-7-8-38-85)51-54(50-52)69(99)90(47-29-80-65(95)23-17-59(74(108)109)86-39-9-10-40-86)48-30-81-66(96)24-18-60(75(110)111)87-41-11-12-42-87/h1-12,31-42,49-51,55-60H,13-30,43-48H2,(H,76,91)(H,77,92)(H,78,93)(H,79,94)(H,80,95)(H,81,96)(H,100,101)(H,102,103)(H,104,105)(H,106,107)(H,108,109)(H,110,111)/t55-,56-,57-,58-,59-,60-/m0/s1. The molecule has 594 valence electrons. The molecule has 0 spiro atoms. The average Bonchev–Trinajstić information content (AvgIpc) is 1.08. The topological polar surface area (TPSA) is 489 Å². The van der Waals surface area contributed by atoms with Gasteiger partial charge in [0.25, 0.3) is 17.7 Å². The number of carboxylic acid groups (broad SMARTS) is 6. The molecule has 0 aliphatic carbocycles. The van der Waals surface area contributed by atoms with Gasteiger partial charge < -0.3 is 105 Å². The Labute approximate surface area is 636 Å². The number of amides is 9. The van der Waals surface area contributed by atoms with Gasteiger partial charge in [-0.1, -0.05) is 0 Å². The highest BCUT2D eigenvalue weighted by molar-refractivity contribution is 6.05. The van der Waals surface area contributed by atoms with Gasteiger partial charge in [-0.3, -0.25) is 43.2 Å². The zero-order valence-electron chi connectivity index (χ0n) is 60.9. The molecule has 0 aliphatic heterocycles. The van der Waals surface area contributed by atoms with Gasteiger partial charge in [0.15, 0.2) is 0 Å². The number of hydrogen-bond acceptors (Lipinski definition) is 15. The minimum Gasteiger partial charge on any atom is -0.480 e. The van der Waals surface area contributed by atoms with Crippen LogP contribution < -0.4 is 31.9 Å². The number of rotatable bonds is 51. The van der Waals surface area contributed by atoms with Crippen molar-refractivity contribution in [2.24, 2.45) is 0 Å². The van der Waals surface area contributed by atoms with Crippen molar-refractivity contribution in [3.63, 3.8) is 0 Å². The first kappa shape index (κ1) is 85.2. The number of nitrogens with zero attached hydrogens (tertiary/aromatic N) is 9. The molecule has 7 aromatic rings. The lowest BCUT2D eigenvalue weighted by atomic mass is 10.0. The summed E-state index contributed by atoms with van der Waals surface area (Å²) in [5.41, 5.74) is -1.10. The van der Waals surface area contributed by atoms with E-state index in [1.54, 1.807) is 72.8 Å². The lowest BCUT2D eigenvalue weighted by Crippen LogP contribution is -2.44. The number of nitrogens with one attached hydrogen (secondary N) is 6. The normalized spacial score (nSPS) is 12.6. The number of benzene rings is 1. The van der Waals surface area contributed by atoms with E-state index in [2.05, 4.69) is 31.9 Å². The Balaban J connectivity index is 1.23. The fourth-order valence-corrected chi connectivity index (χ4v) is 12.3. The molecule has 1 aromatic carbocycles. The number of aromatic nitrogens is 6. The van der Waals surface area contributed by atoms with Crippen LogP contribution in [-0.2, 0) is 57.5 Å². The molecule has 36 nitrogen and oxygen atoms in total. The molecule has 9 amide bonds. The van der Waals surface area contributed by atoms with Gasteiger partial charge in [-0.25, -0.2) is 28.8 Å². The summed E-state index contributed by atoms with van der Waals surface area (Å²) in [5, 5.41) is 76.0. The molecule has 0 saturated carbocycles. The largest absolute Gasteiger partial charge is 0.480 e. The Hall–Kier alpha value is -13.1. The van der Waals surface area contributed by atoms with Gasteiger partial charge in [-0.15, -0.1) is 0 Å². The Morgan fingerprint density at radius 3 is 0.505 bits per heavy atom. The number of carboxylic acids is 6. The van der Waals surface area contributed by atoms with E-state index >= 15 is 14.4 Å². The number of aliphatic carboxylic acids is 6. The first-order chi connectivity index (χ1) is 53.3. The van der Waals surface area contributed by atoms with Crippen LogP contribution in [0.3, 0.4) is 0 Å². The van der Waals surface area contributed by atoms with Gasteiger partial charge in [0, 0.05) is 208 Å². The van der Waals surface area contributed by atoms with E-state index in [0.717, 1.165) is 32.9 Å². The molecule has 0 fully saturated rings. The summed E-state index contributed by atoms with van der Waals surface area (Å²) in [5.74, 6) is -13.7. The lowest BCUT2D eigenvalue weighted by molar-refractivity contribution is -0.142. The smallest absolute Gasteiger partial charge is 0.326 e. The van der Waals surface area contributed by atoms with Crippen LogP contribution in [0, 0.1) is 0 Å². The first-order valence-electron chi connectivity index (χ1n) is 36.0. The number of carbonyl (C=O) groups excluding carboxylic acids is 9. The van der Waals surface area contributed by atoms with Gasteiger partial charge in [0.05, 0.1) is 0 Å². The fraction of sp³-hybridized carbons (Fsp3) is 0.400. The zero-order chi connectivity index (χ0) is 80.4. The molecule has 0 aliphatic rings. The van der Waals surface area contributed by atoms with Crippen LogP contribution in [0.25, 0.3) is 0 Å². The second-order valence-electron chi connectivity index (χ2n) is 25.9. The molecule has 36 heteroatoms. The minimum atomic E-state index is -1.21. The van der Waals surface area contributed by atoms with Crippen molar-refractivity contribution in [1.29, 1.82) is 0 Å². The molecule has 0 saturated heterocycles. The molecule has 6 aromatic heterocycles. The van der Waals surface area contributed by atoms with Crippen molar-refractivity contribution < 1.29 is 103 Å². The van der Waals surface area contributed by atoms with E-state index in [1.165, 1.54) is 102 Å². The quantitative estimate of drug-likeness (QED) is 0.0260. The average molecular weight is 1540 g/mol. The van der Waals surface area contributed by atoms with Gasteiger partial charge >= 0.3 is 35.8 Å². The van der Waals surface area contributed by atoms with E-state index in [4.69, 9.17) is 0 Å². The maximum absolute atomic E-state index is 15.5. The first-order valence-corrected chi connectivity index (χ1v) is 36.0. The van der Waals surface area contributed by atoms with Crippen LogP contribution in [0.4, 0.5) is 0 Å². The Kier molecular flexibility index (Phi) is 33.5. The maximum Gasteiger partial charge on any atom is 0.326 e. The van der Waals surface area contributed by atoms with Gasteiger partial charge in [0.1, 0.15) is 36.3 Å². The second kappa shape index (κ2) is 43.7. The predicted octanol–water partition coefficient (Wildman–Crippen LogP) is 3.16. The van der Waals surface area contributed by atoms with E-state index < -0.39 is 125 Å². The molecular weight excluding hydrogens is 1450 g/mol.